The van der Waals surface area contributed by atoms with Crippen molar-refractivity contribution in [3.05, 3.63) is 28.2 Å². The van der Waals surface area contributed by atoms with Crippen LogP contribution in [0.5, 0.6) is 0 Å². The first-order valence-electron chi connectivity index (χ1n) is 4.35. The average Bonchev–Trinajstić information content (AvgIpc) is 2.92. The van der Waals surface area contributed by atoms with Crippen molar-refractivity contribution in [3.8, 4) is 0 Å². The fourth-order valence-electron chi connectivity index (χ4n) is 1.10. The van der Waals surface area contributed by atoms with Gasteiger partial charge in [0.15, 0.2) is 0 Å². The summed E-state index contributed by atoms with van der Waals surface area (Å²) in [5, 5.41) is 9.75. The van der Waals surface area contributed by atoms with E-state index in [1.165, 1.54) is 17.7 Å². The molecular weight excluding hydrogens is 248 g/mol. The van der Waals surface area contributed by atoms with Gasteiger partial charge in [0.1, 0.15) is 0 Å². The third-order valence-corrected chi connectivity index (χ3v) is 4.33. The van der Waals surface area contributed by atoms with Crippen LogP contribution in [-0.4, -0.2) is 10.4 Å². The minimum atomic E-state index is 0.118. The number of rotatable bonds is 3. The third kappa shape index (κ3) is 2.48. The molecule has 1 N–H and O–H groups in total. The second-order valence-electron chi connectivity index (χ2n) is 3.24. The van der Waals surface area contributed by atoms with E-state index in [1.807, 2.05) is 23.9 Å². The molecule has 0 bridgehead atoms. The van der Waals surface area contributed by atoms with Gasteiger partial charge in [0, 0.05) is 14.6 Å². The average molecular weight is 259 g/mol. The van der Waals surface area contributed by atoms with Gasteiger partial charge in [0.2, 0.25) is 0 Å². The first kappa shape index (κ1) is 9.56. The van der Waals surface area contributed by atoms with Gasteiger partial charge in [-0.05, 0) is 46.5 Å². The number of benzene rings is 1. The van der Waals surface area contributed by atoms with Crippen LogP contribution in [-0.2, 0) is 6.61 Å². The Balaban J connectivity index is 2.15. The summed E-state index contributed by atoms with van der Waals surface area (Å²) in [6.45, 7) is 0.118. The van der Waals surface area contributed by atoms with Crippen LogP contribution in [0.25, 0.3) is 0 Å². The molecule has 3 heteroatoms. The molecule has 0 amide bonds. The van der Waals surface area contributed by atoms with Crippen molar-refractivity contribution in [2.75, 3.05) is 0 Å². The molecular formula is C10H11BrOS. The molecule has 1 aromatic rings. The minimum Gasteiger partial charge on any atom is -0.392 e. The SMILES string of the molecule is OCc1ccc(SC2CC2)c(Br)c1. The topological polar surface area (TPSA) is 20.2 Å². The molecule has 2 rings (SSSR count). The molecule has 1 aliphatic rings. The molecule has 0 radical (unpaired) electrons. The fourth-order valence-corrected chi connectivity index (χ4v) is 2.86. The summed E-state index contributed by atoms with van der Waals surface area (Å²) >= 11 is 5.44. The van der Waals surface area contributed by atoms with Crippen molar-refractivity contribution in [1.29, 1.82) is 0 Å². The van der Waals surface area contributed by atoms with Crippen LogP contribution in [0, 0.1) is 0 Å². The highest BCUT2D eigenvalue weighted by Crippen LogP contribution is 2.41. The molecule has 13 heavy (non-hydrogen) atoms. The lowest BCUT2D eigenvalue weighted by molar-refractivity contribution is 0.281. The van der Waals surface area contributed by atoms with E-state index in [-0.39, 0.29) is 6.61 Å². The predicted molar refractivity (Wildman–Crippen MR) is 58.9 cm³/mol. The van der Waals surface area contributed by atoms with E-state index >= 15 is 0 Å². The summed E-state index contributed by atoms with van der Waals surface area (Å²) in [6.07, 6.45) is 2.69. The molecule has 1 nitrogen and oxygen atoms in total. The lowest BCUT2D eigenvalue weighted by atomic mass is 10.2. The van der Waals surface area contributed by atoms with Crippen molar-refractivity contribution in [2.24, 2.45) is 0 Å². The highest BCUT2D eigenvalue weighted by atomic mass is 79.9. The Labute approximate surface area is 90.7 Å². The quantitative estimate of drug-likeness (QED) is 0.899. The number of halogens is 1. The van der Waals surface area contributed by atoms with Crippen LogP contribution in [0.15, 0.2) is 27.6 Å². The van der Waals surface area contributed by atoms with E-state index in [0.29, 0.717) is 0 Å². The first-order valence-corrected chi connectivity index (χ1v) is 6.03. The summed E-state index contributed by atoms with van der Waals surface area (Å²) in [5.74, 6) is 0. The smallest absolute Gasteiger partial charge is 0.0682 e. The van der Waals surface area contributed by atoms with Gasteiger partial charge >= 0.3 is 0 Å². The van der Waals surface area contributed by atoms with Gasteiger partial charge in [-0.25, -0.2) is 0 Å². The maximum Gasteiger partial charge on any atom is 0.0682 e. The second-order valence-corrected chi connectivity index (χ2v) is 5.44. The van der Waals surface area contributed by atoms with Crippen molar-refractivity contribution >= 4 is 27.7 Å². The molecule has 1 saturated carbocycles. The van der Waals surface area contributed by atoms with Gasteiger partial charge < -0.3 is 5.11 Å². The summed E-state index contributed by atoms with van der Waals surface area (Å²) < 4.78 is 1.11. The first-order chi connectivity index (χ1) is 6.29. The van der Waals surface area contributed by atoms with Crippen LogP contribution in [0.1, 0.15) is 18.4 Å². The van der Waals surface area contributed by atoms with Gasteiger partial charge in [-0.15, -0.1) is 11.8 Å². The molecule has 0 aromatic heterocycles. The lowest BCUT2D eigenvalue weighted by Gasteiger charge is -2.04. The standard InChI is InChI=1S/C10H11BrOS/c11-9-5-7(6-12)1-4-10(9)13-8-2-3-8/h1,4-5,8,12H,2-3,6H2. The van der Waals surface area contributed by atoms with E-state index < -0.39 is 0 Å². The Morgan fingerprint density at radius 3 is 2.77 bits per heavy atom. The highest BCUT2D eigenvalue weighted by molar-refractivity contribution is 9.10. The molecule has 0 aliphatic heterocycles. The third-order valence-electron chi connectivity index (χ3n) is 2.00. The Kier molecular flexibility index (Phi) is 2.96. The Morgan fingerprint density at radius 2 is 2.23 bits per heavy atom. The van der Waals surface area contributed by atoms with Crippen LogP contribution in [0.2, 0.25) is 0 Å². The van der Waals surface area contributed by atoms with E-state index in [2.05, 4.69) is 22.0 Å². The maximum absolute atomic E-state index is 8.92. The normalized spacial score (nSPS) is 16.2. The Morgan fingerprint density at radius 1 is 1.46 bits per heavy atom. The molecule has 0 unspecified atom stereocenters. The van der Waals surface area contributed by atoms with E-state index in [9.17, 15) is 0 Å². The number of hydrogen-bond donors (Lipinski definition) is 1. The molecule has 0 saturated heterocycles. The number of hydrogen-bond acceptors (Lipinski definition) is 2. The minimum absolute atomic E-state index is 0.118. The summed E-state index contributed by atoms with van der Waals surface area (Å²) in [4.78, 5) is 1.29. The summed E-state index contributed by atoms with van der Waals surface area (Å²) in [7, 11) is 0. The second kappa shape index (κ2) is 4.03. The van der Waals surface area contributed by atoms with Gasteiger partial charge in [-0.3, -0.25) is 0 Å². The van der Waals surface area contributed by atoms with E-state index in [4.69, 9.17) is 5.11 Å². The summed E-state index contributed by atoms with van der Waals surface area (Å²) in [6, 6.07) is 6.05. The predicted octanol–water partition coefficient (Wildman–Crippen LogP) is 3.20. The highest BCUT2D eigenvalue weighted by Gasteiger charge is 2.23. The van der Waals surface area contributed by atoms with Crippen LogP contribution in [0.4, 0.5) is 0 Å². The van der Waals surface area contributed by atoms with Gasteiger partial charge in [0.05, 0.1) is 6.61 Å². The van der Waals surface area contributed by atoms with Crippen molar-refractivity contribution in [2.45, 2.75) is 29.6 Å². The number of thioether (sulfide) groups is 1. The molecule has 70 valence electrons. The van der Waals surface area contributed by atoms with Gasteiger partial charge in [-0.2, -0.15) is 0 Å². The molecule has 1 fully saturated rings. The maximum atomic E-state index is 8.92. The Bertz CT molecular complexity index is 310. The van der Waals surface area contributed by atoms with E-state index in [0.717, 1.165) is 15.3 Å². The molecule has 1 aromatic carbocycles. The fraction of sp³-hybridized carbons (Fsp3) is 0.400. The van der Waals surface area contributed by atoms with Gasteiger partial charge in [-0.1, -0.05) is 6.07 Å². The van der Waals surface area contributed by atoms with Crippen LogP contribution >= 0.6 is 27.7 Å². The zero-order chi connectivity index (χ0) is 9.26. The largest absolute Gasteiger partial charge is 0.392 e. The van der Waals surface area contributed by atoms with Crippen molar-refractivity contribution in [3.63, 3.8) is 0 Å². The lowest BCUT2D eigenvalue weighted by Crippen LogP contribution is -1.84. The number of aliphatic hydroxyl groups is 1. The zero-order valence-electron chi connectivity index (χ0n) is 7.16. The van der Waals surface area contributed by atoms with Crippen LogP contribution in [0.3, 0.4) is 0 Å². The molecule has 0 heterocycles. The monoisotopic (exact) mass is 258 g/mol. The van der Waals surface area contributed by atoms with Crippen LogP contribution < -0.4 is 0 Å². The van der Waals surface area contributed by atoms with Crippen molar-refractivity contribution < 1.29 is 5.11 Å². The molecule has 0 atom stereocenters. The Hall–Kier alpha value is 0.01000. The zero-order valence-corrected chi connectivity index (χ0v) is 9.57. The van der Waals surface area contributed by atoms with Crippen molar-refractivity contribution in [1.82, 2.24) is 0 Å². The van der Waals surface area contributed by atoms with E-state index in [1.54, 1.807) is 0 Å². The number of aliphatic hydroxyl groups excluding tert-OH is 1. The summed E-state index contributed by atoms with van der Waals surface area (Å²) in [5.41, 5.74) is 0.965. The molecule has 0 spiro atoms. The molecule has 1 aliphatic carbocycles. The van der Waals surface area contributed by atoms with Gasteiger partial charge in [0.25, 0.3) is 0 Å².